The Kier molecular flexibility index (Phi) is 4.91. The molecule has 5 heteroatoms. The largest absolute Gasteiger partial charge is 0.416 e. The van der Waals surface area contributed by atoms with Crippen LogP contribution in [0, 0.1) is 6.92 Å². The Morgan fingerprint density at radius 2 is 1.81 bits per heavy atom. The van der Waals surface area contributed by atoms with E-state index in [1.807, 2.05) is 25.1 Å². The molecule has 112 valence electrons. The summed E-state index contributed by atoms with van der Waals surface area (Å²) in [4.78, 5) is 0. The normalized spacial score (nSPS) is 11.7. The van der Waals surface area contributed by atoms with Crippen LogP contribution < -0.4 is 5.32 Å². The minimum Gasteiger partial charge on any atom is -0.309 e. The van der Waals surface area contributed by atoms with Crippen molar-refractivity contribution in [2.45, 2.75) is 26.2 Å². The van der Waals surface area contributed by atoms with Crippen molar-refractivity contribution in [1.82, 2.24) is 5.32 Å². The van der Waals surface area contributed by atoms with Gasteiger partial charge in [0.25, 0.3) is 0 Å². The summed E-state index contributed by atoms with van der Waals surface area (Å²) >= 11 is 6.11. The van der Waals surface area contributed by atoms with Crippen molar-refractivity contribution < 1.29 is 13.2 Å². The third kappa shape index (κ3) is 4.48. The zero-order chi connectivity index (χ0) is 15.5. The zero-order valence-corrected chi connectivity index (χ0v) is 12.2. The van der Waals surface area contributed by atoms with Crippen LogP contribution >= 0.6 is 11.6 Å². The summed E-state index contributed by atoms with van der Waals surface area (Å²) in [5.74, 6) is 0. The van der Waals surface area contributed by atoms with E-state index in [9.17, 15) is 13.2 Å². The van der Waals surface area contributed by atoms with Gasteiger partial charge in [0.2, 0.25) is 0 Å². The molecule has 0 saturated carbocycles. The number of halogens is 4. The van der Waals surface area contributed by atoms with Crippen LogP contribution in [0.25, 0.3) is 0 Å². The van der Waals surface area contributed by atoms with E-state index in [2.05, 4.69) is 5.32 Å². The average molecular weight is 314 g/mol. The molecule has 0 amide bonds. The molecule has 0 atom stereocenters. The molecule has 0 fully saturated rings. The van der Waals surface area contributed by atoms with E-state index in [1.165, 1.54) is 6.07 Å². The molecule has 0 radical (unpaired) electrons. The molecule has 2 aromatic rings. The van der Waals surface area contributed by atoms with Crippen LogP contribution in [0.1, 0.15) is 22.3 Å². The molecule has 2 rings (SSSR count). The number of nitrogens with one attached hydrogen (secondary N) is 1. The Balaban J connectivity index is 1.97. The van der Waals surface area contributed by atoms with Gasteiger partial charge < -0.3 is 5.32 Å². The topological polar surface area (TPSA) is 12.0 Å². The summed E-state index contributed by atoms with van der Waals surface area (Å²) in [6.45, 7) is 2.81. The molecule has 0 saturated heterocycles. The lowest BCUT2D eigenvalue weighted by molar-refractivity contribution is -0.137. The number of alkyl halides is 3. The first kappa shape index (κ1) is 15.9. The SMILES string of the molecule is Cc1ccc(CNCc2cccc(C(F)(F)F)c2)c(Cl)c1. The lowest BCUT2D eigenvalue weighted by Gasteiger charge is -2.10. The van der Waals surface area contributed by atoms with Crippen LogP contribution in [0.15, 0.2) is 42.5 Å². The first-order valence-corrected chi connectivity index (χ1v) is 6.86. The summed E-state index contributed by atoms with van der Waals surface area (Å²) in [7, 11) is 0. The van der Waals surface area contributed by atoms with Crippen molar-refractivity contribution in [3.63, 3.8) is 0 Å². The molecule has 1 N–H and O–H groups in total. The Hall–Kier alpha value is -1.52. The van der Waals surface area contributed by atoms with Crippen LogP contribution in [0.4, 0.5) is 13.2 Å². The summed E-state index contributed by atoms with van der Waals surface area (Å²) in [5, 5.41) is 3.76. The highest BCUT2D eigenvalue weighted by atomic mass is 35.5. The van der Waals surface area contributed by atoms with Crippen LogP contribution in [-0.2, 0) is 19.3 Å². The van der Waals surface area contributed by atoms with E-state index < -0.39 is 11.7 Å². The monoisotopic (exact) mass is 313 g/mol. The van der Waals surface area contributed by atoms with E-state index in [0.29, 0.717) is 23.7 Å². The molecule has 1 nitrogen and oxygen atoms in total. The van der Waals surface area contributed by atoms with E-state index in [-0.39, 0.29) is 0 Å². The molecule has 0 spiro atoms. The number of hydrogen-bond donors (Lipinski definition) is 1. The maximum Gasteiger partial charge on any atom is 0.416 e. The molecule has 0 heterocycles. The summed E-state index contributed by atoms with van der Waals surface area (Å²) in [6, 6.07) is 11.0. The van der Waals surface area contributed by atoms with Crippen LogP contribution in [0.2, 0.25) is 5.02 Å². The van der Waals surface area contributed by atoms with Gasteiger partial charge in [-0.1, -0.05) is 41.9 Å². The van der Waals surface area contributed by atoms with Crippen molar-refractivity contribution in [3.05, 3.63) is 69.7 Å². The molecule has 0 unspecified atom stereocenters. The van der Waals surface area contributed by atoms with Gasteiger partial charge in [-0.25, -0.2) is 0 Å². The van der Waals surface area contributed by atoms with Crippen molar-refractivity contribution in [2.24, 2.45) is 0 Å². The second-order valence-corrected chi connectivity index (χ2v) is 5.30. The second-order valence-electron chi connectivity index (χ2n) is 4.90. The maximum atomic E-state index is 12.6. The molecular weight excluding hydrogens is 299 g/mol. The highest BCUT2D eigenvalue weighted by Gasteiger charge is 2.30. The number of benzene rings is 2. The fraction of sp³-hybridized carbons (Fsp3) is 0.250. The molecule has 21 heavy (non-hydrogen) atoms. The third-order valence-corrected chi connectivity index (χ3v) is 3.46. The van der Waals surface area contributed by atoms with E-state index in [0.717, 1.165) is 23.3 Å². The van der Waals surface area contributed by atoms with E-state index in [4.69, 9.17) is 11.6 Å². The maximum absolute atomic E-state index is 12.6. The molecule has 0 aliphatic heterocycles. The zero-order valence-electron chi connectivity index (χ0n) is 11.5. The highest BCUT2D eigenvalue weighted by Crippen LogP contribution is 2.29. The first-order chi connectivity index (χ1) is 9.86. The smallest absolute Gasteiger partial charge is 0.309 e. The average Bonchev–Trinajstić information content (AvgIpc) is 2.41. The van der Waals surface area contributed by atoms with E-state index in [1.54, 1.807) is 6.07 Å². The van der Waals surface area contributed by atoms with Gasteiger partial charge in [0.15, 0.2) is 0 Å². The molecular formula is C16H15ClF3N. The molecule has 0 aliphatic rings. The molecule has 0 bridgehead atoms. The van der Waals surface area contributed by atoms with Gasteiger partial charge in [0.1, 0.15) is 0 Å². The van der Waals surface area contributed by atoms with Crippen LogP contribution in [-0.4, -0.2) is 0 Å². The highest BCUT2D eigenvalue weighted by molar-refractivity contribution is 6.31. The predicted molar refractivity (Wildman–Crippen MR) is 78.2 cm³/mol. The van der Waals surface area contributed by atoms with Gasteiger partial charge in [0, 0.05) is 18.1 Å². The standard InChI is InChI=1S/C16H15ClF3N/c1-11-5-6-13(15(17)7-11)10-21-9-12-3-2-4-14(8-12)16(18,19)20/h2-8,21H,9-10H2,1H3. The molecule has 0 aliphatic carbocycles. The number of rotatable bonds is 4. The first-order valence-electron chi connectivity index (χ1n) is 6.48. The lowest BCUT2D eigenvalue weighted by atomic mass is 10.1. The van der Waals surface area contributed by atoms with E-state index >= 15 is 0 Å². The summed E-state index contributed by atoms with van der Waals surface area (Å²) < 4.78 is 37.8. The number of aryl methyl sites for hydroxylation is 1. The van der Waals surface area contributed by atoms with Gasteiger partial charge in [-0.05, 0) is 35.7 Å². The van der Waals surface area contributed by atoms with Crippen molar-refractivity contribution >= 4 is 11.6 Å². The van der Waals surface area contributed by atoms with Gasteiger partial charge in [-0.2, -0.15) is 13.2 Å². The molecule has 2 aromatic carbocycles. The van der Waals surface area contributed by atoms with Gasteiger partial charge in [-0.15, -0.1) is 0 Å². The van der Waals surface area contributed by atoms with Crippen LogP contribution in [0.5, 0.6) is 0 Å². The summed E-state index contributed by atoms with van der Waals surface area (Å²) in [5.41, 5.74) is 1.96. The van der Waals surface area contributed by atoms with Gasteiger partial charge in [0.05, 0.1) is 5.56 Å². The Labute approximate surface area is 126 Å². The minimum atomic E-state index is -4.31. The summed E-state index contributed by atoms with van der Waals surface area (Å²) in [6.07, 6.45) is -4.31. The van der Waals surface area contributed by atoms with Gasteiger partial charge >= 0.3 is 6.18 Å². The fourth-order valence-corrected chi connectivity index (χ4v) is 2.30. The minimum absolute atomic E-state index is 0.355. The Morgan fingerprint density at radius 1 is 1.05 bits per heavy atom. The fourth-order valence-electron chi connectivity index (χ4n) is 1.99. The van der Waals surface area contributed by atoms with Crippen molar-refractivity contribution in [1.29, 1.82) is 0 Å². The second kappa shape index (κ2) is 6.50. The molecule has 0 aromatic heterocycles. The van der Waals surface area contributed by atoms with Crippen molar-refractivity contribution in [3.8, 4) is 0 Å². The Morgan fingerprint density at radius 3 is 2.48 bits per heavy atom. The number of hydrogen-bond acceptors (Lipinski definition) is 1. The predicted octanol–water partition coefficient (Wildman–Crippen LogP) is 4.96. The Bertz CT molecular complexity index is 623. The quantitative estimate of drug-likeness (QED) is 0.841. The van der Waals surface area contributed by atoms with Crippen molar-refractivity contribution in [2.75, 3.05) is 0 Å². The third-order valence-electron chi connectivity index (χ3n) is 3.11. The van der Waals surface area contributed by atoms with Crippen LogP contribution in [0.3, 0.4) is 0 Å². The van der Waals surface area contributed by atoms with Gasteiger partial charge in [-0.3, -0.25) is 0 Å². The lowest BCUT2D eigenvalue weighted by Crippen LogP contribution is -2.14.